The fourth-order valence-corrected chi connectivity index (χ4v) is 3.14. The normalized spacial score (nSPS) is 14.9. The van der Waals surface area contributed by atoms with E-state index in [1.807, 2.05) is 19.1 Å². The van der Waals surface area contributed by atoms with Crippen LogP contribution in [0.15, 0.2) is 47.6 Å². The molecule has 2 aromatic carbocycles. The van der Waals surface area contributed by atoms with Crippen LogP contribution in [0.25, 0.3) is 0 Å². The first-order chi connectivity index (χ1) is 14.1. The lowest BCUT2D eigenvalue weighted by Crippen LogP contribution is -2.26. The summed E-state index contributed by atoms with van der Waals surface area (Å²) in [5.41, 5.74) is 3.07. The van der Waals surface area contributed by atoms with Gasteiger partial charge in [0.1, 0.15) is 11.9 Å². The molecule has 1 amide bonds. The van der Waals surface area contributed by atoms with Crippen molar-refractivity contribution in [2.24, 2.45) is 10.9 Å². The third-order valence-corrected chi connectivity index (χ3v) is 4.61. The summed E-state index contributed by atoms with van der Waals surface area (Å²) < 4.78 is 11.1. The van der Waals surface area contributed by atoms with E-state index in [4.69, 9.17) is 15.3 Å². The van der Waals surface area contributed by atoms with Crippen molar-refractivity contribution in [1.29, 1.82) is 0 Å². The van der Waals surface area contributed by atoms with Gasteiger partial charge in [0.15, 0.2) is 0 Å². The summed E-state index contributed by atoms with van der Waals surface area (Å²) in [6, 6.07) is 12.5. The lowest BCUT2D eigenvalue weighted by molar-refractivity contribution is -0.145. The second-order valence-electron chi connectivity index (χ2n) is 6.88. The number of hydrogen-bond donors (Lipinski definition) is 2. The minimum absolute atomic E-state index is 0. The van der Waals surface area contributed by atoms with Crippen LogP contribution in [-0.2, 0) is 16.0 Å². The summed E-state index contributed by atoms with van der Waals surface area (Å²) in [4.78, 5) is 24.2. The number of benzene rings is 2. The Morgan fingerprint density at radius 1 is 1.27 bits per heavy atom. The number of hydrogen-bond acceptors (Lipinski definition) is 6. The van der Waals surface area contributed by atoms with Crippen LogP contribution in [0.2, 0.25) is 0 Å². The summed E-state index contributed by atoms with van der Waals surface area (Å²) in [6.07, 6.45) is 3.90. The third kappa shape index (κ3) is 6.22. The van der Waals surface area contributed by atoms with Crippen molar-refractivity contribution >= 4 is 36.2 Å². The Kier molecular flexibility index (Phi) is 8.68. The molecule has 8 heteroatoms. The predicted molar refractivity (Wildman–Crippen MR) is 118 cm³/mol. The fourth-order valence-electron chi connectivity index (χ4n) is 3.14. The number of amides is 1. The van der Waals surface area contributed by atoms with Gasteiger partial charge in [-0.3, -0.25) is 9.59 Å². The number of esters is 1. The van der Waals surface area contributed by atoms with Gasteiger partial charge in [-0.2, -0.15) is 5.10 Å². The number of fused-ring (bicyclic) bond motifs is 1. The van der Waals surface area contributed by atoms with Crippen LogP contribution in [0.4, 0.5) is 5.69 Å². The standard InChI is InChI=1S/C22H25N3O4.ClH/c1-2-11-28-21(26)13-19-9-7-17-12-18(8-10-20(17)29-19)25-22(27)16-5-3-15(4-6-16)14-24-23;/h3-6,8,10,12,14,19H,2,7,9,11,13,23H2,1H3,(H,25,27);1H. The molecule has 3 rings (SSSR count). The van der Waals surface area contributed by atoms with E-state index in [-0.39, 0.29) is 36.8 Å². The van der Waals surface area contributed by atoms with Gasteiger partial charge in [0.2, 0.25) is 0 Å². The number of nitrogens with one attached hydrogen (secondary N) is 1. The van der Waals surface area contributed by atoms with Crippen LogP contribution in [-0.4, -0.2) is 30.8 Å². The van der Waals surface area contributed by atoms with E-state index in [0.29, 0.717) is 17.9 Å². The Bertz CT molecular complexity index is 900. The van der Waals surface area contributed by atoms with Crippen LogP contribution in [0.1, 0.15) is 47.7 Å². The zero-order valence-corrected chi connectivity index (χ0v) is 17.6. The summed E-state index contributed by atoms with van der Waals surface area (Å²) in [5.74, 6) is 5.44. The predicted octanol–water partition coefficient (Wildman–Crippen LogP) is 3.69. The molecule has 1 atom stereocenters. The highest BCUT2D eigenvalue weighted by molar-refractivity contribution is 6.04. The molecular formula is C22H26ClN3O4. The molecule has 1 unspecified atom stereocenters. The Labute approximate surface area is 182 Å². The van der Waals surface area contributed by atoms with Gasteiger partial charge in [-0.1, -0.05) is 19.1 Å². The number of nitrogens with zero attached hydrogens (tertiary/aromatic N) is 1. The van der Waals surface area contributed by atoms with Gasteiger partial charge < -0.3 is 20.6 Å². The van der Waals surface area contributed by atoms with E-state index in [9.17, 15) is 9.59 Å². The van der Waals surface area contributed by atoms with Gasteiger partial charge in [-0.25, -0.2) is 0 Å². The number of rotatable bonds is 7. The van der Waals surface area contributed by atoms with Crippen LogP contribution >= 0.6 is 12.4 Å². The topological polar surface area (TPSA) is 103 Å². The Balaban J connectivity index is 0.00000320. The molecule has 7 nitrogen and oxygen atoms in total. The van der Waals surface area contributed by atoms with Gasteiger partial charge in [0.25, 0.3) is 5.91 Å². The maximum Gasteiger partial charge on any atom is 0.309 e. The molecule has 0 bridgehead atoms. The molecule has 0 aromatic heterocycles. The highest BCUT2D eigenvalue weighted by atomic mass is 35.5. The van der Waals surface area contributed by atoms with E-state index in [0.717, 1.165) is 36.1 Å². The maximum atomic E-state index is 12.5. The maximum absolute atomic E-state index is 12.5. The number of nitrogens with two attached hydrogens (primary N) is 1. The van der Waals surface area contributed by atoms with E-state index >= 15 is 0 Å². The summed E-state index contributed by atoms with van der Waals surface area (Å²) in [6.45, 7) is 2.40. The minimum atomic E-state index is -0.229. The third-order valence-electron chi connectivity index (χ3n) is 4.61. The largest absolute Gasteiger partial charge is 0.490 e. The number of ether oxygens (including phenoxy) is 2. The lowest BCUT2D eigenvalue weighted by Gasteiger charge is -2.26. The first-order valence-corrected chi connectivity index (χ1v) is 9.69. The molecule has 0 spiro atoms. The molecule has 2 aromatic rings. The van der Waals surface area contributed by atoms with Gasteiger partial charge in [0, 0.05) is 11.3 Å². The van der Waals surface area contributed by atoms with E-state index in [1.54, 1.807) is 30.3 Å². The zero-order valence-electron chi connectivity index (χ0n) is 16.8. The first kappa shape index (κ1) is 23.2. The SMILES string of the molecule is CCCOC(=O)CC1CCc2cc(NC(=O)c3ccc(C=NN)cc3)ccc2O1.Cl. The second-order valence-corrected chi connectivity index (χ2v) is 6.88. The summed E-state index contributed by atoms with van der Waals surface area (Å²) >= 11 is 0. The van der Waals surface area contributed by atoms with Crippen molar-refractivity contribution in [3.8, 4) is 5.75 Å². The zero-order chi connectivity index (χ0) is 20.6. The number of hydrazone groups is 1. The summed E-state index contributed by atoms with van der Waals surface area (Å²) in [7, 11) is 0. The van der Waals surface area contributed by atoms with Crippen LogP contribution in [0.3, 0.4) is 0 Å². The highest BCUT2D eigenvalue weighted by Gasteiger charge is 2.23. The van der Waals surface area contributed by atoms with E-state index in [2.05, 4.69) is 10.4 Å². The molecule has 0 saturated carbocycles. The number of anilines is 1. The lowest BCUT2D eigenvalue weighted by atomic mass is 10.00. The molecule has 1 heterocycles. The second kappa shape index (κ2) is 11.2. The van der Waals surface area contributed by atoms with Crippen LogP contribution in [0, 0.1) is 0 Å². The van der Waals surface area contributed by atoms with Crippen molar-refractivity contribution in [3.05, 3.63) is 59.2 Å². The Hall–Kier alpha value is -3.06. The molecule has 3 N–H and O–H groups in total. The average Bonchev–Trinajstić information content (AvgIpc) is 2.73. The molecule has 0 fully saturated rings. The minimum Gasteiger partial charge on any atom is -0.490 e. The number of aryl methyl sites for hydroxylation is 1. The Morgan fingerprint density at radius 2 is 2.03 bits per heavy atom. The molecule has 30 heavy (non-hydrogen) atoms. The van der Waals surface area contributed by atoms with Gasteiger partial charge >= 0.3 is 5.97 Å². The van der Waals surface area contributed by atoms with Crippen molar-refractivity contribution in [1.82, 2.24) is 0 Å². The van der Waals surface area contributed by atoms with E-state index in [1.165, 1.54) is 6.21 Å². The fraction of sp³-hybridized carbons (Fsp3) is 0.318. The molecule has 1 aliphatic rings. The van der Waals surface area contributed by atoms with E-state index < -0.39 is 0 Å². The van der Waals surface area contributed by atoms with Crippen molar-refractivity contribution in [3.63, 3.8) is 0 Å². The highest BCUT2D eigenvalue weighted by Crippen LogP contribution is 2.31. The molecule has 0 aliphatic carbocycles. The Morgan fingerprint density at radius 3 is 2.73 bits per heavy atom. The number of carbonyl (C=O) groups is 2. The number of halogens is 1. The number of carbonyl (C=O) groups excluding carboxylic acids is 2. The van der Waals surface area contributed by atoms with Gasteiger partial charge in [0.05, 0.1) is 19.2 Å². The van der Waals surface area contributed by atoms with Crippen molar-refractivity contribution in [2.75, 3.05) is 11.9 Å². The van der Waals surface area contributed by atoms with Crippen molar-refractivity contribution < 1.29 is 19.1 Å². The monoisotopic (exact) mass is 431 g/mol. The van der Waals surface area contributed by atoms with Crippen LogP contribution < -0.4 is 15.9 Å². The quantitative estimate of drug-likeness (QED) is 0.301. The average molecular weight is 432 g/mol. The molecular weight excluding hydrogens is 406 g/mol. The summed E-state index contributed by atoms with van der Waals surface area (Å²) in [5, 5.41) is 6.36. The molecule has 0 radical (unpaired) electrons. The molecule has 1 aliphatic heterocycles. The molecule has 0 saturated heterocycles. The van der Waals surface area contributed by atoms with Crippen LogP contribution in [0.5, 0.6) is 5.75 Å². The van der Waals surface area contributed by atoms with Gasteiger partial charge in [-0.15, -0.1) is 12.4 Å². The van der Waals surface area contributed by atoms with Gasteiger partial charge in [-0.05, 0) is 60.7 Å². The first-order valence-electron chi connectivity index (χ1n) is 9.69. The molecule has 160 valence electrons. The smallest absolute Gasteiger partial charge is 0.309 e. The van der Waals surface area contributed by atoms with Crippen molar-refractivity contribution in [2.45, 2.75) is 38.7 Å².